The van der Waals surface area contributed by atoms with Crippen LogP contribution in [-0.4, -0.2) is 39.9 Å². The minimum Gasteiger partial charge on any atom is -0.376 e. The molecule has 1 aliphatic heterocycles. The number of anilines is 1. The van der Waals surface area contributed by atoms with E-state index in [4.69, 9.17) is 4.74 Å². The number of aryl methyl sites for hydroxylation is 2. The lowest BCUT2D eigenvalue weighted by Crippen LogP contribution is -2.38. The van der Waals surface area contributed by atoms with Gasteiger partial charge in [-0.1, -0.05) is 11.3 Å². The number of hydrogen-bond donors (Lipinski definition) is 0. The van der Waals surface area contributed by atoms with Gasteiger partial charge in [0.15, 0.2) is 10.9 Å². The molecule has 3 heterocycles. The minimum atomic E-state index is -0.742. The number of hydrogen-bond acceptors (Lipinski definition) is 5. The molecule has 1 aliphatic rings. The second-order valence-electron chi connectivity index (χ2n) is 6.58. The summed E-state index contributed by atoms with van der Waals surface area (Å²) in [5.41, 5.74) is 1.18. The molecule has 27 heavy (non-hydrogen) atoms. The Morgan fingerprint density at radius 1 is 1.41 bits per heavy atom. The van der Waals surface area contributed by atoms with Crippen molar-refractivity contribution in [1.29, 1.82) is 0 Å². The molecule has 1 atom stereocenters. The van der Waals surface area contributed by atoms with E-state index in [1.54, 1.807) is 20.0 Å². The number of thiazole rings is 1. The molecule has 142 valence electrons. The van der Waals surface area contributed by atoms with Gasteiger partial charge in [-0.3, -0.25) is 14.4 Å². The molecule has 0 bridgehead atoms. The molecule has 2 aromatic heterocycles. The number of nitrogens with zero attached hydrogens (tertiary/aromatic N) is 4. The fraction of sp³-hybridized carbons (Fsp3) is 0.389. The Bertz CT molecular complexity index is 1010. The number of carbonyl (C=O) groups is 1. The molecule has 0 radical (unpaired) electrons. The van der Waals surface area contributed by atoms with Gasteiger partial charge in [-0.05, 0) is 31.9 Å². The van der Waals surface area contributed by atoms with Crippen molar-refractivity contribution in [2.24, 2.45) is 7.05 Å². The van der Waals surface area contributed by atoms with E-state index >= 15 is 0 Å². The molecular weight excluding hydrogens is 374 g/mol. The Kier molecular flexibility index (Phi) is 4.65. The number of amides is 1. The molecule has 6 nitrogen and oxygen atoms in total. The first-order valence-electron chi connectivity index (χ1n) is 8.62. The molecule has 1 fully saturated rings. The lowest BCUT2D eigenvalue weighted by atomic mass is 10.2. The monoisotopic (exact) mass is 392 g/mol. The molecule has 1 amide bonds. The summed E-state index contributed by atoms with van der Waals surface area (Å²) >= 11 is 1.08. The SMILES string of the molecule is Cc1cc(C(=O)N(C[C@@H]2CCCO2)c2nc3c(F)cc(F)cc3s2)n(C)n1. The Balaban J connectivity index is 1.76. The molecule has 9 heteroatoms. The molecule has 0 unspecified atom stereocenters. The molecule has 0 saturated carbocycles. The fourth-order valence-corrected chi connectivity index (χ4v) is 4.26. The van der Waals surface area contributed by atoms with Crippen LogP contribution in [0, 0.1) is 18.6 Å². The highest BCUT2D eigenvalue weighted by Crippen LogP contribution is 2.32. The fourth-order valence-electron chi connectivity index (χ4n) is 3.25. The average molecular weight is 392 g/mol. The van der Waals surface area contributed by atoms with E-state index in [2.05, 4.69) is 10.1 Å². The summed E-state index contributed by atoms with van der Waals surface area (Å²) < 4.78 is 35.2. The second kappa shape index (κ2) is 6.97. The van der Waals surface area contributed by atoms with E-state index in [-0.39, 0.29) is 17.5 Å². The average Bonchev–Trinajstić information content (AvgIpc) is 3.32. The van der Waals surface area contributed by atoms with Crippen molar-refractivity contribution in [1.82, 2.24) is 14.8 Å². The van der Waals surface area contributed by atoms with Crippen molar-refractivity contribution >= 4 is 32.6 Å². The van der Waals surface area contributed by atoms with Crippen molar-refractivity contribution in [2.45, 2.75) is 25.9 Å². The van der Waals surface area contributed by atoms with E-state index in [1.165, 1.54) is 15.6 Å². The molecule has 0 N–H and O–H groups in total. The lowest BCUT2D eigenvalue weighted by molar-refractivity contribution is 0.0909. The van der Waals surface area contributed by atoms with Crippen LogP contribution >= 0.6 is 11.3 Å². The van der Waals surface area contributed by atoms with Crippen LogP contribution in [0.4, 0.5) is 13.9 Å². The van der Waals surface area contributed by atoms with Gasteiger partial charge in [0.05, 0.1) is 23.0 Å². The van der Waals surface area contributed by atoms with Crippen LogP contribution in [0.2, 0.25) is 0 Å². The van der Waals surface area contributed by atoms with Crippen LogP contribution < -0.4 is 4.90 Å². The predicted molar refractivity (Wildman–Crippen MR) is 98.1 cm³/mol. The maximum atomic E-state index is 14.1. The van der Waals surface area contributed by atoms with Crippen molar-refractivity contribution in [3.05, 3.63) is 41.2 Å². The Labute approximate surface area is 158 Å². The first-order valence-corrected chi connectivity index (χ1v) is 9.43. The highest BCUT2D eigenvalue weighted by Gasteiger charge is 2.29. The smallest absolute Gasteiger partial charge is 0.278 e. The number of rotatable bonds is 4. The number of aromatic nitrogens is 3. The summed E-state index contributed by atoms with van der Waals surface area (Å²) in [7, 11) is 1.69. The number of ether oxygens (including phenoxy) is 1. The van der Waals surface area contributed by atoms with Crippen LogP contribution in [0.1, 0.15) is 29.0 Å². The first kappa shape index (κ1) is 18.0. The summed E-state index contributed by atoms with van der Waals surface area (Å²) in [4.78, 5) is 19.0. The number of carbonyl (C=O) groups excluding carboxylic acids is 1. The zero-order valence-electron chi connectivity index (χ0n) is 14.9. The van der Waals surface area contributed by atoms with Crippen molar-refractivity contribution in [2.75, 3.05) is 18.1 Å². The van der Waals surface area contributed by atoms with E-state index in [0.717, 1.165) is 35.9 Å². The van der Waals surface area contributed by atoms with E-state index in [1.807, 2.05) is 0 Å². The van der Waals surface area contributed by atoms with Crippen molar-refractivity contribution < 1.29 is 18.3 Å². The summed E-state index contributed by atoms with van der Waals surface area (Å²) in [5.74, 6) is -1.71. The van der Waals surface area contributed by atoms with Gasteiger partial charge in [-0.25, -0.2) is 13.8 Å². The van der Waals surface area contributed by atoms with Crippen LogP contribution in [0.5, 0.6) is 0 Å². The maximum absolute atomic E-state index is 14.1. The van der Waals surface area contributed by atoms with Crippen molar-refractivity contribution in [3.8, 4) is 0 Å². The quantitative estimate of drug-likeness (QED) is 0.682. The zero-order valence-corrected chi connectivity index (χ0v) is 15.7. The highest BCUT2D eigenvalue weighted by atomic mass is 32.1. The molecule has 4 rings (SSSR count). The maximum Gasteiger partial charge on any atom is 0.278 e. The molecule has 0 spiro atoms. The normalized spacial score (nSPS) is 17.0. The van der Waals surface area contributed by atoms with Crippen LogP contribution in [0.15, 0.2) is 18.2 Å². The van der Waals surface area contributed by atoms with Gasteiger partial charge >= 0.3 is 0 Å². The topological polar surface area (TPSA) is 60.3 Å². The Hall–Kier alpha value is -2.39. The zero-order chi connectivity index (χ0) is 19.1. The summed E-state index contributed by atoms with van der Waals surface area (Å²) in [6.45, 7) is 2.75. The van der Waals surface area contributed by atoms with E-state index in [0.29, 0.717) is 28.7 Å². The molecule has 3 aromatic rings. The molecular formula is C18H18F2N4O2S. The minimum absolute atomic E-state index is 0.0581. The second-order valence-corrected chi connectivity index (χ2v) is 7.59. The number of benzene rings is 1. The third-order valence-corrected chi connectivity index (χ3v) is 5.53. The van der Waals surface area contributed by atoms with Crippen LogP contribution in [0.3, 0.4) is 0 Å². The molecule has 1 saturated heterocycles. The van der Waals surface area contributed by atoms with Gasteiger partial charge in [-0.2, -0.15) is 5.10 Å². The number of fused-ring (bicyclic) bond motifs is 1. The summed E-state index contributed by atoms with van der Waals surface area (Å²) in [6.07, 6.45) is 1.65. The Morgan fingerprint density at radius 3 is 2.89 bits per heavy atom. The lowest BCUT2D eigenvalue weighted by Gasteiger charge is -2.22. The van der Waals surface area contributed by atoms with Gasteiger partial charge in [0, 0.05) is 19.7 Å². The highest BCUT2D eigenvalue weighted by molar-refractivity contribution is 7.22. The molecule has 1 aromatic carbocycles. The predicted octanol–water partition coefficient (Wildman–Crippen LogP) is 3.44. The van der Waals surface area contributed by atoms with E-state index < -0.39 is 11.6 Å². The number of halogens is 2. The largest absolute Gasteiger partial charge is 0.376 e. The van der Waals surface area contributed by atoms with Crippen LogP contribution in [0.25, 0.3) is 10.2 Å². The van der Waals surface area contributed by atoms with Gasteiger partial charge in [0.1, 0.15) is 17.0 Å². The van der Waals surface area contributed by atoms with Gasteiger partial charge in [0.2, 0.25) is 0 Å². The summed E-state index contributed by atoms with van der Waals surface area (Å²) in [6, 6.07) is 3.71. The standard InChI is InChI=1S/C18H18F2N4O2S/c1-10-6-14(23(2)22-10)17(25)24(9-12-4-3-5-26-12)18-21-16-13(20)7-11(19)8-15(16)27-18/h6-8,12H,3-5,9H2,1-2H3/t12-/m0/s1. The van der Waals surface area contributed by atoms with Gasteiger partial charge in [0.25, 0.3) is 5.91 Å². The molecule has 0 aliphatic carbocycles. The van der Waals surface area contributed by atoms with Crippen LogP contribution in [-0.2, 0) is 11.8 Å². The van der Waals surface area contributed by atoms with E-state index in [9.17, 15) is 13.6 Å². The summed E-state index contributed by atoms with van der Waals surface area (Å²) in [5, 5.41) is 4.53. The van der Waals surface area contributed by atoms with Crippen molar-refractivity contribution in [3.63, 3.8) is 0 Å². The first-order chi connectivity index (χ1) is 12.9. The third-order valence-electron chi connectivity index (χ3n) is 4.51. The van der Waals surface area contributed by atoms with Gasteiger partial charge < -0.3 is 4.74 Å². The third kappa shape index (κ3) is 3.44. The van der Waals surface area contributed by atoms with Gasteiger partial charge in [-0.15, -0.1) is 0 Å². The Morgan fingerprint density at radius 2 is 2.22 bits per heavy atom.